The monoisotopic (exact) mass is 285 g/mol. The number of carboxylic acid groups (broad SMARTS) is 1. The molecule has 0 saturated carbocycles. The van der Waals surface area contributed by atoms with Gasteiger partial charge < -0.3 is 5.11 Å². The summed E-state index contributed by atoms with van der Waals surface area (Å²) in [5.41, 5.74) is 0.676. The first-order valence-electron chi connectivity index (χ1n) is 4.35. The van der Waals surface area contributed by atoms with Gasteiger partial charge in [0.05, 0.1) is 4.90 Å². The molecule has 0 aliphatic rings. The predicted octanol–water partition coefficient (Wildman–Crippen LogP) is 1.28. The molecule has 0 bridgehead atoms. The van der Waals surface area contributed by atoms with E-state index >= 15 is 0 Å². The molecule has 0 radical (unpaired) electrons. The van der Waals surface area contributed by atoms with Crippen LogP contribution < -0.4 is 5.14 Å². The van der Waals surface area contributed by atoms with Crippen LogP contribution in [0.15, 0.2) is 29.2 Å². The predicted molar refractivity (Wildman–Crippen MR) is 56.2 cm³/mol. The van der Waals surface area contributed by atoms with Crippen LogP contribution in [-0.2, 0) is 14.8 Å². The lowest BCUT2D eigenvalue weighted by Gasteiger charge is -2.00. The Labute approximate surface area is 101 Å². The molecule has 0 heterocycles. The molecule has 0 aliphatic heterocycles. The first-order chi connectivity index (χ1) is 7.96. The molecule has 102 valence electrons. The number of hydrogen-bond acceptors (Lipinski definition) is 3. The number of halogens is 3. The van der Waals surface area contributed by atoms with Gasteiger partial charge in [0.25, 0.3) is 0 Å². The number of rotatable bonds is 1. The normalized spacial score (nSPS) is 11.4. The first-order valence-corrected chi connectivity index (χ1v) is 5.89. The minimum atomic E-state index is -5.08. The van der Waals surface area contributed by atoms with E-state index in [1.54, 1.807) is 25.1 Å². The highest BCUT2D eigenvalue weighted by Crippen LogP contribution is 2.13. The summed E-state index contributed by atoms with van der Waals surface area (Å²) in [5.74, 6) is -2.76. The third kappa shape index (κ3) is 5.64. The number of alkyl halides is 3. The maximum atomic E-state index is 10.8. The Balaban J connectivity index is 0.000000360. The topological polar surface area (TPSA) is 97.5 Å². The molecule has 0 aromatic heterocycles. The van der Waals surface area contributed by atoms with Crippen molar-refractivity contribution in [2.75, 3.05) is 0 Å². The van der Waals surface area contributed by atoms with Crippen LogP contribution in [0.25, 0.3) is 0 Å². The number of carboxylic acids is 1. The number of hydrogen-bond donors (Lipinski definition) is 2. The summed E-state index contributed by atoms with van der Waals surface area (Å²) in [6, 6.07) is 6.61. The van der Waals surface area contributed by atoms with Crippen LogP contribution in [-0.4, -0.2) is 25.7 Å². The van der Waals surface area contributed by atoms with Gasteiger partial charge in [-0.05, 0) is 18.6 Å². The molecular weight excluding hydrogens is 275 g/mol. The van der Waals surface area contributed by atoms with Gasteiger partial charge in [-0.15, -0.1) is 0 Å². The molecule has 9 heteroatoms. The number of primary sulfonamides is 1. The Kier molecular flexibility index (Phi) is 5.30. The average Bonchev–Trinajstić information content (AvgIpc) is 2.15. The number of aliphatic carboxylic acids is 1. The van der Waals surface area contributed by atoms with Crippen molar-refractivity contribution >= 4 is 16.0 Å². The van der Waals surface area contributed by atoms with Crippen molar-refractivity contribution in [3.63, 3.8) is 0 Å². The molecule has 0 spiro atoms. The van der Waals surface area contributed by atoms with E-state index in [0.717, 1.165) is 0 Å². The molecule has 18 heavy (non-hydrogen) atoms. The molecule has 0 unspecified atom stereocenters. The SMILES string of the molecule is Cc1ccccc1S(N)(=O)=O.O=C(O)C(F)(F)F. The van der Waals surface area contributed by atoms with Crippen LogP contribution >= 0.6 is 0 Å². The molecule has 0 atom stereocenters. The van der Waals surface area contributed by atoms with E-state index in [-0.39, 0.29) is 4.90 Å². The largest absolute Gasteiger partial charge is 0.490 e. The van der Waals surface area contributed by atoms with Crippen LogP contribution in [0.1, 0.15) is 5.56 Å². The lowest BCUT2D eigenvalue weighted by molar-refractivity contribution is -0.192. The van der Waals surface area contributed by atoms with E-state index in [2.05, 4.69) is 0 Å². The minimum absolute atomic E-state index is 0.194. The van der Waals surface area contributed by atoms with Gasteiger partial charge in [0.2, 0.25) is 10.0 Å². The Morgan fingerprint density at radius 2 is 1.67 bits per heavy atom. The second-order valence-corrected chi connectivity index (χ2v) is 4.64. The van der Waals surface area contributed by atoms with Crippen molar-refractivity contribution in [2.45, 2.75) is 18.0 Å². The van der Waals surface area contributed by atoms with E-state index in [4.69, 9.17) is 15.0 Å². The van der Waals surface area contributed by atoms with Crippen molar-refractivity contribution in [2.24, 2.45) is 5.14 Å². The van der Waals surface area contributed by atoms with Crippen LogP contribution in [0.4, 0.5) is 13.2 Å². The summed E-state index contributed by atoms with van der Waals surface area (Å²) in [7, 11) is -3.53. The zero-order chi connectivity index (χ0) is 14.6. The Hall–Kier alpha value is -1.61. The third-order valence-corrected chi connectivity index (χ3v) is 2.71. The van der Waals surface area contributed by atoms with Gasteiger partial charge in [-0.25, -0.2) is 18.4 Å². The summed E-state index contributed by atoms with van der Waals surface area (Å²) in [6.07, 6.45) is -5.08. The highest BCUT2D eigenvalue weighted by atomic mass is 32.2. The number of aryl methyl sites for hydroxylation is 1. The number of sulfonamides is 1. The van der Waals surface area contributed by atoms with Crippen LogP contribution in [0, 0.1) is 6.92 Å². The molecular formula is C9H10F3NO4S. The Bertz CT molecular complexity index is 525. The average molecular weight is 285 g/mol. The highest BCUT2D eigenvalue weighted by molar-refractivity contribution is 7.89. The van der Waals surface area contributed by atoms with E-state index in [0.29, 0.717) is 5.56 Å². The van der Waals surface area contributed by atoms with E-state index in [1.807, 2.05) is 0 Å². The van der Waals surface area contributed by atoms with Crippen LogP contribution in [0.5, 0.6) is 0 Å². The second kappa shape index (κ2) is 5.83. The zero-order valence-electron chi connectivity index (χ0n) is 9.10. The fraction of sp³-hybridized carbons (Fsp3) is 0.222. The van der Waals surface area contributed by atoms with Gasteiger partial charge >= 0.3 is 12.1 Å². The molecule has 1 rings (SSSR count). The van der Waals surface area contributed by atoms with Gasteiger partial charge in [0, 0.05) is 0 Å². The van der Waals surface area contributed by atoms with Crippen molar-refractivity contribution in [3.8, 4) is 0 Å². The second-order valence-electron chi connectivity index (χ2n) is 3.11. The summed E-state index contributed by atoms with van der Waals surface area (Å²) < 4.78 is 53.4. The molecule has 0 saturated heterocycles. The van der Waals surface area contributed by atoms with Crippen molar-refractivity contribution in [3.05, 3.63) is 29.8 Å². The third-order valence-electron chi connectivity index (χ3n) is 1.64. The van der Waals surface area contributed by atoms with Crippen molar-refractivity contribution < 1.29 is 31.5 Å². The number of nitrogens with two attached hydrogens (primary N) is 1. The maximum absolute atomic E-state index is 10.8. The molecule has 0 aliphatic carbocycles. The highest BCUT2D eigenvalue weighted by Gasteiger charge is 2.38. The molecule has 1 aromatic rings. The van der Waals surface area contributed by atoms with Crippen LogP contribution in [0.3, 0.4) is 0 Å². The van der Waals surface area contributed by atoms with E-state index in [9.17, 15) is 21.6 Å². The summed E-state index contributed by atoms with van der Waals surface area (Å²) in [6.45, 7) is 1.71. The van der Waals surface area contributed by atoms with Gasteiger partial charge in [-0.3, -0.25) is 0 Å². The molecule has 3 N–H and O–H groups in total. The van der Waals surface area contributed by atoms with Crippen molar-refractivity contribution in [1.29, 1.82) is 0 Å². The lowest BCUT2D eigenvalue weighted by Crippen LogP contribution is -2.21. The van der Waals surface area contributed by atoms with E-state index in [1.165, 1.54) is 6.07 Å². The molecule has 0 fully saturated rings. The molecule has 1 aromatic carbocycles. The summed E-state index contributed by atoms with van der Waals surface area (Å²) in [4.78, 5) is 9.09. The molecule has 5 nitrogen and oxygen atoms in total. The van der Waals surface area contributed by atoms with Crippen molar-refractivity contribution in [1.82, 2.24) is 0 Å². The fourth-order valence-corrected chi connectivity index (χ4v) is 1.66. The Morgan fingerprint density at radius 1 is 1.28 bits per heavy atom. The first kappa shape index (κ1) is 16.4. The van der Waals surface area contributed by atoms with Gasteiger partial charge in [0.1, 0.15) is 0 Å². The standard InChI is InChI=1S/C7H9NO2S.C2HF3O2/c1-6-4-2-3-5-7(6)11(8,9)10;3-2(4,5)1(6)7/h2-5H,1H3,(H2,8,9,10);(H,6,7). The smallest absolute Gasteiger partial charge is 0.475 e. The number of carbonyl (C=O) groups is 1. The summed E-state index contributed by atoms with van der Waals surface area (Å²) in [5, 5.41) is 12.1. The maximum Gasteiger partial charge on any atom is 0.490 e. The molecule has 0 amide bonds. The fourth-order valence-electron chi connectivity index (χ4n) is 0.876. The zero-order valence-corrected chi connectivity index (χ0v) is 9.92. The lowest BCUT2D eigenvalue weighted by atomic mass is 10.2. The van der Waals surface area contributed by atoms with Gasteiger partial charge in [-0.1, -0.05) is 18.2 Å². The minimum Gasteiger partial charge on any atom is -0.475 e. The van der Waals surface area contributed by atoms with Gasteiger partial charge in [-0.2, -0.15) is 13.2 Å². The Morgan fingerprint density at radius 3 is 1.89 bits per heavy atom. The number of benzene rings is 1. The quantitative estimate of drug-likeness (QED) is 0.812. The van der Waals surface area contributed by atoms with E-state index < -0.39 is 22.2 Å². The van der Waals surface area contributed by atoms with Gasteiger partial charge in [0.15, 0.2) is 0 Å². The van der Waals surface area contributed by atoms with Crippen LogP contribution in [0.2, 0.25) is 0 Å². The summed E-state index contributed by atoms with van der Waals surface area (Å²) >= 11 is 0.